The number of unbranched alkanes of at least 4 members (excludes halogenated alkanes) is 43. The van der Waals surface area contributed by atoms with Gasteiger partial charge in [0.25, 0.3) is 0 Å². The fourth-order valence-corrected chi connectivity index (χ4v) is 10.6. The van der Waals surface area contributed by atoms with Crippen molar-refractivity contribution in [1.29, 1.82) is 0 Å². The quantitative estimate of drug-likeness (QED) is 0.0261. The third-order valence-corrected chi connectivity index (χ3v) is 15.9. The van der Waals surface area contributed by atoms with Gasteiger partial charge in [-0.05, 0) is 89.9 Å². The first-order valence-corrected chi connectivity index (χ1v) is 35.9. The lowest BCUT2D eigenvalue weighted by Gasteiger charge is -2.18. The number of rotatable bonds is 66. The molecule has 6 nitrogen and oxygen atoms in total. The van der Waals surface area contributed by atoms with E-state index in [9.17, 15) is 14.4 Å². The summed E-state index contributed by atoms with van der Waals surface area (Å²) >= 11 is 0. The van der Waals surface area contributed by atoms with Crippen molar-refractivity contribution >= 4 is 17.9 Å². The van der Waals surface area contributed by atoms with E-state index >= 15 is 0 Å². The van der Waals surface area contributed by atoms with E-state index < -0.39 is 6.10 Å². The molecule has 0 amide bonds. The summed E-state index contributed by atoms with van der Waals surface area (Å²) in [6, 6.07) is 0. The SMILES string of the molecule is CC/C=C\C/C=C\C/C=C\C/C=C\CCCCC(=O)OCC(COC(=O)CCCCCCCCCCCCCCCCCCCCCCCCCCCCCCCCCCC)OC(=O)CCCCCCC/C=C\C/C=C\CCCCCC. The van der Waals surface area contributed by atoms with E-state index in [0.29, 0.717) is 19.3 Å². The third-order valence-electron chi connectivity index (χ3n) is 15.9. The molecular formula is C76H136O6. The third kappa shape index (κ3) is 67.6. The maximum absolute atomic E-state index is 12.9. The molecule has 0 spiro atoms. The number of carbonyl (C=O) groups excluding carboxylic acids is 3. The molecule has 476 valence electrons. The van der Waals surface area contributed by atoms with Gasteiger partial charge in [-0.15, -0.1) is 0 Å². The zero-order chi connectivity index (χ0) is 59.2. The summed E-state index contributed by atoms with van der Waals surface area (Å²) in [5.74, 6) is -0.931. The van der Waals surface area contributed by atoms with Gasteiger partial charge >= 0.3 is 17.9 Å². The van der Waals surface area contributed by atoms with Crippen LogP contribution in [-0.4, -0.2) is 37.2 Å². The summed E-state index contributed by atoms with van der Waals surface area (Å²) in [6.07, 6.45) is 92.5. The molecule has 82 heavy (non-hydrogen) atoms. The Balaban J connectivity index is 4.16. The van der Waals surface area contributed by atoms with Gasteiger partial charge in [-0.2, -0.15) is 0 Å². The molecule has 0 aromatic carbocycles. The van der Waals surface area contributed by atoms with Gasteiger partial charge < -0.3 is 14.2 Å². The Morgan fingerprint density at radius 2 is 0.476 bits per heavy atom. The Morgan fingerprint density at radius 3 is 0.780 bits per heavy atom. The molecule has 0 saturated carbocycles. The Kier molecular flexibility index (Phi) is 67.6. The smallest absolute Gasteiger partial charge is 0.306 e. The van der Waals surface area contributed by atoms with Gasteiger partial charge in [0.1, 0.15) is 13.2 Å². The molecule has 1 atom stereocenters. The molecule has 0 fully saturated rings. The lowest BCUT2D eigenvalue weighted by molar-refractivity contribution is -0.167. The van der Waals surface area contributed by atoms with Crippen molar-refractivity contribution in [3.63, 3.8) is 0 Å². The van der Waals surface area contributed by atoms with E-state index in [1.165, 1.54) is 225 Å². The first-order valence-electron chi connectivity index (χ1n) is 35.9. The zero-order valence-corrected chi connectivity index (χ0v) is 54.8. The first-order chi connectivity index (χ1) is 40.5. The summed E-state index contributed by atoms with van der Waals surface area (Å²) in [4.78, 5) is 38.4. The molecule has 0 N–H and O–H groups in total. The van der Waals surface area contributed by atoms with Crippen molar-refractivity contribution in [3.05, 3.63) is 72.9 Å². The molecule has 0 saturated heterocycles. The fraction of sp³-hybridized carbons (Fsp3) is 0.803. The zero-order valence-electron chi connectivity index (χ0n) is 54.8. The molecule has 0 aromatic heterocycles. The van der Waals surface area contributed by atoms with Crippen LogP contribution in [0, 0.1) is 0 Å². The average molecular weight is 1150 g/mol. The minimum absolute atomic E-state index is 0.0917. The minimum Gasteiger partial charge on any atom is -0.462 e. The van der Waals surface area contributed by atoms with Gasteiger partial charge in [0.2, 0.25) is 0 Å². The van der Waals surface area contributed by atoms with Crippen LogP contribution in [0.5, 0.6) is 0 Å². The minimum atomic E-state index is -0.800. The molecule has 0 aliphatic heterocycles. The van der Waals surface area contributed by atoms with Gasteiger partial charge in [-0.1, -0.05) is 338 Å². The summed E-state index contributed by atoms with van der Waals surface area (Å²) in [6.45, 7) is 6.51. The van der Waals surface area contributed by atoms with E-state index in [2.05, 4.69) is 93.7 Å². The molecule has 6 heteroatoms. The molecule has 0 bridgehead atoms. The molecular weight excluding hydrogens is 1010 g/mol. The highest BCUT2D eigenvalue weighted by Crippen LogP contribution is 2.18. The predicted octanol–water partition coefficient (Wildman–Crippen LogP) is 24.8. The standard InChI is InChI=1S/C76H136O6/c1-4-7-10-13-16-19-22-25-28-30-31-32-33-34-35-36-37-38-39-40-41-42-43-44-45-46-49-51-54-57-60-63-66-69-75(78)81-72-73(71-80-74(77)68-65-62-59-56-53-50-47-27-24-21-18-15-12-9-6-3)82-76(79)70-67-64-61-58-55-52-48-29-26-23-20-17-14-11-8-5-2/h9,12,18,20-21,23,27,29,47-48,53,56,73H,4-8,10-11,13-17,19,22,24-26,28,30-46,49-52,54-55,57-72H2,1-3H3/b12-9-,21-18-,23-20-,47-27-,48-29-,56-53-. The van der Waals surface area contributed by atoms with E-state index in [-0.39, 0.29) is 31.1 Å². The Labute approximate surface area is 510 Å². The maximum Gasteiger partial charge on any atom is 0.306 e. The molecule has 0 aromatic rings. The highest BCUT2D eigenvalue weighted by molar-refractivity contribution is 5.71. The molecule has 0 rings (SSSR count). The van der Waals surface area contributed by atoms with E-state index in [0.717, 1.165) is 109 Å². The van der Waals surface area contributed by atoms with Crippen molar-refractivity contribution in [2.75, 3.05) is 13.2 Å². The lowest BCUT2D eigenvalue weighted by Crippen LogP contribution is -2.30. The summed E-state index contributed by atoms with van der Waals surface area (Å²) in [5, 5.41) is 0. The monoisotopic (exact) mass is 1150 g/mol. The largest absolute Gasteiger partial charge is 0.462 e. The fourth-order valence-electron chi connectivity index (χ4n) is 10.6. The lowest BCUT2D eigenvalue weighted by atomic mass is 10.0. The van der Waals surface area contributed by atoms with Crippen molar-refractivity contribution in [1.82, 2.24) is 0 Å². The highest BCUT2D eigenvalue weighted by Gasteiger charge is 2.19. The van der Waals surface area contributed by atoms with Crippen LogP contribution in [-0.2, 0) is 28.6 Å². The van der Waals surface area contributed by atoms with Gasteiger partial charge in [0.05, 0.1) is 0 Å². The van der Waals surface area contributed by atoms with Gasteiger partial charge in [-0.25, -0.2) is 0 Å². The van der Waals surface area contributed by atoms with Crippen molar-refractivity contribution in [2.45, 2.75) is 380 Å². The topological polar surface area (TPSA) is 78.9 Å². The van der Waals surface area contributed by atoms with Crippen LogP contribution in [0.15, 0.2) is 72.9 Å². The van der Waals surface area contributed by atoms with Crippen molar-refractivity contribution in [3.8, 4) is 0 Å². The van der Waals surface area contributed by atoms with Crippen LogP contribution in [0.3, 0.4) is 0 Å². The second kappa shape index (κ2) is 70.3. The number of carbonyl (C=O) groups is 3. The first kappa shape index (κ1) is 78.8. The maximum atomic E-state index is 12.9. The number of allylic oxidation sites excluding steroid dienone is 12. The van der Waals surface area contributed by atoms with E-state index in [1.807, 2.05) is 0 Å². The Morgan fingerprint density at radius 1 is 0.256 bits per heavy atom. The second-order valence-corrected chi connectivity index (χ2v) is 24.1. The Hall–Kier alpha value is -3.15. The molecule has 1 unspecified atom stereocenters. The van der Waals surface area contributed by atoms with E-state index in [4.69, 9.17) is 14.2 Å². The normalized spacial score (nSPS) is 12.5. The van der Waals surface area contributed by atoms with Crippen molar-refractivity contribution in [2.24, 2.45) is 0 Å². The van der Waals surface area contributed by atoms with Crippen molar-refractivity contribution < 1.29 is 28.6 Å². The van der Waals surface area contributed by atoms with Crippen LogP contribution < -0.4 is 0 Å². The summed E-state index contributed by atoms with van der Waals surface area (Å²) in [7, 11) is 0. The number of esters is 3. The summed E-state index contributed by atoms with van der Waals surface area (Å²) in [5.41, 5.74) is 0. The van der Waals surface area contributed by atoms with E-state index in [1.54, 1.807) is 0 Å². The molecule has 0 aliphatic rings. The van der Waals surface area contributed by atoms with Crippen LogP contribution in [0.4, 0.5) is 0 Å². The average Bonchev–Trinajstić information content (AvgIpc) is 3.47. The number of ether oxygens (including phenoxy) is 3. The Bertz CT molecular complexity index is 1500. The van der Waals surface area contributed by atoms with Crippen LogP contribution in [0.25, 0.3) is 0 Å². The molecule has 0 heterocycles. The summed E-state index contributed by atoms with van der Waals surface area (Å²) < 4.78 is 16.9. The van der Waals surface area contributed by atoms with Crippen LogP contribution >= 0.6 is 0 Å². The van der Waals surface area contributed by atoms with Crippen LogP contribution in [0.2, 0.25) is 0 Å². The number of hydrogen-bond donors (Lipinski definition) is 0. The second-order valence-electron chi connectivity index (χ2n) is 24.1. The molecule has 0 radical (unpaired) electrons. The molecule has 0 aliphatic carbocycles. The van der Waals surface area contributed by atoms with Gasteiger partial charge in [-0.3, -0.25) is 14.4 Å². The predicted molar refractivity (Wildman–Crippen MR) is 358 cm³/mol. The number of hydrogen-bond acceptors (Lipinski definition) is 6. The van der Waals surface area contributed by atoms with Gasteiger partial charge in [0, 0.05) is 19.3 Å². The highest BCUT2D eigenvalue weighted by atomic mass is 16.6. The van der Waals surface area contributed by atoms with Gasteiger partial charge in [0.15, 0.2) is 6.10 Å². The van der Waals surface area contributed by atoms with Crippen LogP contribution in [0.1, 0.15) is 374 Å².